The van der Waals surface area contributed by atoms with Crippen molar-refractivity contribution >= 4 is 21.4 Å². The predicted molar refractivity (Wildman–Crippen MR) is 89.9 cm³/mol. The van der Waals surface area contributed by atoms with E-state index in [1.54, 1.807) is 18.2 Å². The van der Waals surface area contributed by atoms with Gasteiger partial charge in [-0.15, -0.1) is 0 Å². The highest BCUT2D eigenvalue weighted by Crippen LogP contribution is 2.47. The summed E-state index contributed by atoms with van der Waals surface area (Å²) >= 11 is 5.87. The van der Waals surface area contributed by atoms with Gasteiger partial charge in [-0.2, -0.15) is 0 Å². The molecular formula is C18H18ClFO2S. The van der Waals surface area contributed by atoms with Crippen LogP contribution in [0.1, 0.15) is 37.3 Å². The van der Waals surface area contributed by atoms with Crippen molar-refractivity contribution in [2.45, 2.75) is 42.2 Å². The Kier molecular flexibility index (Phi) is 4.23. The molecule has 0 saturated heterocycles. The van der Waals surface area contributed by atoms with Gasteiger partial charge in [0.25, 0.3) is 0 Å². The summed E-state index contributed by atoms with van der Waals surface area (Å²) in [7, 11) is -3.65. The first-order valence-electron chi connectivity index (χ1n) is 7.70. The Morgan fingerprint density at radius 2 is 1.87 bits per heavy atom. The van der Waals surface area contributed by atoms with Crippen LogP contribution in [-0.2, 0) is 21.0 Å². The summed E-state index contributed by atoms with van der Waals surface area (Å²) in [4.78, 5) is 0.237. The fourth-order valence-corrected chi connectivity index (χ4v) is 5.91. The van der Waals surface area contributed by atoms with Gasteiger partial charge < -0.3 is 0 Å². The minimum absolute atomic E-state index is 0.237. The zero-order valence-electron chi connectivity index (χ0n) is 12.9. The molecule has 0 saturated carbocycles. The van der Waals surface area contributed by atoms with E-state index in [-0.39, 0.29) is 4.90 Å². The molecule has 1 aliphatic rings. The van der Waals surface area contributed by atoms with E-state index >= 15 is 0 Å². The molecule has 0 heterocycles. The summed E-state index contributed by atoms with van der Waals surface area (Å²) in [5, 5.41) is 0.490. The fraction of sp³-hybridized carbons (Fsp3) is 0.333. The van der Waals surface area contributed by atoms with Crippen molar-refractivity contribution in [1.29, 1.82) is 0 Å². The predicted octanol–water partition coefficient (Wildman–Crippen LogP) is 4.89. The molecule has 0 spiro atoms. The number of rotatable bonds is 3. The second-order valence-electron chi connectivity index (χ2n) is 5.96. The van der Waals surface area contributed by atoms with E-state index in [1.165, 1.54) is 24.3 Å². The largest absolute Gasteiger partial charge is 0.223 e. The zero-order valence-corrected chi connectivity index (χ0v) is 14.4. The van der Waals surface area contributed by atoms with Crippen molar-refractivity contribution in [3.63, 3.8) is 0 Å². The van der Waals surface area contributed by atoms with E-state index in [2.05, 4.69) is 0 Å². The molecule has 1 aliphatic carbocycles. The Hall–Kier alpha value is -1.39. The molecule has 0 aliphatic heterocycles. The Labute approximate surface area is 141 Å². The first-order valence-corrected chi connectivity index (χ1v) is 9.56. The van der Waals surface area contributed by atoms with E-state index in [4.69, 9.17) is 11.6 Å². The summed E-state index contributed by atoms with van der Waals surface area (Å²) < 4.78 is 39.5. The molecule has 1 atom stereocenters. The standard InChI is InChI=1S/C18H18ClFO2S/c1-2-18(23(21,22)16-9-6-14(19)7-10-16)11-3-4-13-5-8-15(20)12-17(13)18/h5-10,12H,2-4,11H2,1H3. The molecule has 0 bridgehead atoms. The van der Waals surface area contributed by atoms with Crippen molar-refractivity contribution < 1.29 is 12.8 Å². The Morgan fingerprint density at radius 3 is 2.52 bits per heavy atom. The average Bonchev–Trinajstić information content (AvgIpc) is 2.54. The summed E-state index contributed by atoms with van der Waals surface area (Å²) in [5.41, 5.74) is 1.54. The van der Waals surface area contributed by atoms with E-state index in [0.717, 1.165) is 18.4 Å². The van der Waals surface area contributed by atoms with Gasteiger partial charge in [-0.25, -0.2) is 12.8 Å². The molecule has 122 valence electrons. The molecule has 5 heteroatoms. The third kappa shape index (κ3) is 2.58. The lowest BCUT2D eigenvalue weighted by Gasteiger charge is -2.38. The van der Waals surface area contributed by atoms with Crippen molar-refractivity contribution in [2.75, 3.05) is 0 Å². The lowest BCUT2D eigenvalue weighted by Crippen LogP contribution is -2.39. The molecule has 0 aromatic heterocycles. The van der Waals surface area contributed by atoms with Gasteiger partial charge in [-0.05, 0) is 73.2 Å². The lowest BCUT2D eigenvalue weighted by molar-refractivity contribution is 0.442. The number of fused-ring (bicyclic) bond motifs is 1. The van der Waals surface area contributed by atoms with Crippen molar-refractivity contribution in [1.82, 2.24) is 0 Å². The molecule has 0 fully saturated rings. The lowest BCUT2D eigenvalue weighted by atomic mass is 9.80. The highest BCUT2D eigenvalue weighted by atomic mass is 35.5. The van der Waals surface area contributed by atoms with Gasteiger partial charge in [0.05, 0.1) is 4.90 Å². The molecule has 0 N–H and O–H groups in total. The summed E-state index contributed by atoms with van der Waals surface area (Å²) in [6, 6.07) is 10.7. The molecule has 1 unspecified atom stereocenters. The van der Waals surface area contributed by atoms with Crippen LogP contribution in [0.2, 0.25) is 5.02 Å². The van der Waals surface area contributed by atoms with Crippen LogP contribution in [0.25, 0.3) is 0 Å². The average molecular weight is 353 g/mol. The van der Waals surface area contributed by atoms with Gasteiger partial charge in [0.2, 0.25) is 0 Å². The van der Waals surface area contributed by atoms with Crippen molar-refractivity contribution in [3.05, 3.63) is 64.4 Å². The third-order valence-electron chi connectivity index (χ3n) is 4.80. The van der Waals surface area contributed by atoms with Gasteiger partial charge in [-0.3, -0.25) is 0 Å². The van der Waals surface area contributed by atoms with Gasteiger partial charge in [0.15, 0.2) is 9.84 Å². The highest BCUT2D eigenvalue weighted by Gasteiger charge is 2.47. The normalized spacial score (nSPS) is 21.0. The Morgan fingerprint density at radius 1 is 1.17 bits per heavy atom. The molecule has 0 amide bonds. The van der Waals surface area contributed by atoms with Crippen LogP contribution in [0.15, 0.2) is 47.4 Å². The second kappa shape index (κ2) is 5.91. The molecule has 3 rings (SSSR count). The highest BCUT2D eigenvalue weighted by molar-refractivity contribution is 7.92. The number of sulfone groups is 1. The molecule has 2 aromatic rings. The molecule has 23 heavy (non-hydrogen) atoms. The van der Waals surface area contributed by atoms with Gasteiger partial charge in [0.1, 0.15) is 10.6 Å². The van der Waals surface area contributed by atoms with E-state index in [9.17, 15) is 12.8 Å². The molecular weight excluding hydrogens is 335 g/mol. The minimum atomic E-state index is -3.65. The number of hydrogen-bond acceptors (Lipinski definition) is 2. The summed E-state index contributed by atoms with van der Waals surface area (Å²) in [5.74, 6) is -0.394. The number of hydrogen-bond donors (Lipinski definition) is 0. The minimum Gasteiger partial charge on any atom is -0.223 e. The number of aryl methyl sites for hydroxylation is 1. The molecule has 2 nitrogen and oxygen atoms in total. The van der Waals surface area contributed by atoms with Crippen molar-refractivity contribution in [2.24, 2.45) is 0 Å². The Balaban J connectivity index is 2.23. The fourth-order valence-electron chi connectivity index (χ4n) is 3.57. The quantitative estimate of drug-likeness (QED) is 0.787. The van der Waals surface area contributed by atoms with Crippen LogP contribution in [0.5, 0.6) is 0 Å². The third-order valence-corrected chi connectivity index (χ3v) is 7.69. The van der Waals surface area contributed by atoms with E-state index in [1.807, 2.05) is 6.92 Å². The van der Waals surface area contributed by atoms with Crippen LogP contribution in [0.3, 0.4) is 0 Å². The monoisotopic (exact) mass is 352 g/mol. The Bertz CT molecular complexity index is 831. The summed E-state index contributed by atoms with van der Waals surface area (Å²) in [6.07, 6.45) is 2.48. The van der Waals surface area contributed by atoms with Crippen LogP contribution in [0, 0.1) is 5.82 Å². The van der Waals surface area contributed by atoms with Gasteiger partial charge in [-0.1, -0.05) is 24.6 Å². The molecule has 0 radical (unpaired) electrons. The van der Waals surface area contributed by atoms with E-state index in [0.29, 0.717) is 23.4 Å². The second-order valence-corrected chi connectivity index (χ2v) is 8.66. The smallest absolute Gasteiger partial charge is 0.188 e. The number of halogens is 2. The van der Waals surface area contributed by atoms with Crippen LogP contribution in [-0.4, -0.2) is 8.42 Å². The topological polar surface area (TPSA) is 34.1 Å². The van der Waals surface area contributed by atoms with Gasteiger partial charge >= 0.3 is 0 Å². The first kappa shape index (κ1) is 16.5. The number of benzene rings is 2. The maximum atomic E-state index is 13.8. The van der Waals surface area contributed by atoms with E-state index < -0.39 is 20.4 Å². The van der Waals surface area contributed by atoms with Crippen LogP contribution in [0.4, 0.5) is 4.39 Å². The maximum Gasteiger partial charge on any atom is 0.188 e. The van der Waals surface area contributed by atoms with Crippen LogP contribution < -0.4 is 0 Å². The van der Waals surface area contributed by atoms with Gasteiger partial charge in [0, 0.05) is 5.02 Å². The first-order chi connectivity index (χ1) is 10.9. The summed E-state index contributed by atoms with van der Waals surface area (Å²) in [6.45, 7) is 1.85. The van der Waals surface area contributed by atoms with Crippen LogP contribution >= 0.6 is 11.6 Å². The maximum absolute atomic E-state index is 13.8. The zero-order chi connectivity index (χ0) is 16.7. The van der Waals surface area contributed by atoms with Crippen molar-refractivity contribution in [3.8, 4) is 0 Å². The molecule has 2 aromatic carbocycles. The SMILES string of the molecule is CCC1(S(=O)(=O)c2ccc(Cl)cc2)CCCc2ccc(F)cc21.